The minimum Gasteiger partial charge on any atom is -0.481 e. The number of likely N-dealkylation sites (tertiary alicyclic amines) is 2. The van der Waals surface area contributed by atoms with Crippen molar-refractivity contribution >= 4 is 6.09 Å². The molecule has 3 rings (SSSR count). The maximum absolute atomic E-state index is 11.5. The summed E-state index contributed by atoms with van der Waals surface area (Å²) >= 11 is 0. The van der Waals surface area contributed by atoms with Crippen LogP contribution in [-0.2, 0) is 0 Å². The molecular weight excluding hydrogens is 330 g/mol. The van der Waals surface area contributed by atoms with Crippen LogP contribution in [0.15, 0.2) is 18.2 Å². The highest BCUT2D eigenvalue weighted by atomic mass is 16.5. The fraction of sp³-hybridized carbons (Fsp3) is 0.700. The van der Waals surface area contributed by atoms with E-state index in [1.807, 2.05) is 12.1 Å². The van der Waals surface area contributed by atoms with Gasteiger partial charge in [0, 0.05) is 36.3 Å². The number of aromatic nitrogens is 1. The predicted octanol–water partition coefficient (Wildman–Crippen LogP) is 3.58. The van der Waals surface area contributed by atoms with Crippen LogP contribution in [-0.4, -0.2) is 64.8 Å². The monoisotopic (exact) mass is 361 g/mol. The lowest BCUT2D eigenvalue weighted by Gasteiger charge is -2.38. The van der Waals surface area contributed by atoms with Crippen LogP contribution in [0, 0.1) is 0 Å². The molecule has 6 heteroatoms. The summed E-state index contributed by atoms with van der Waals surface area (Å²) in [5.41, 5.74) is 1.13. The lowest BCUT2D eigenvalue weighted by molar-refractivity contribution is 0.105. The van der Waals surface area contributed by atoms with Crippen molar-refractivity contribution in [3.05, 3.63) is 23.9 Å². The van der Waals surface area contributed by atoms with Crippen LogP contribution in [0.1, 0.15) is 57.1 Å². The summed E-state index contributed by atoms with van der Waals surface area (Å²) in [5.74, 6) is 1.18. The number of piperidine rings is 1. The zero-order valence-electron chi connectivity index (χ0n) is 15.9. The highest BCUT2D eigenvalue weighted by Crippen LogP contribution is 2.31. The van der Waals surface area contributed by atoms with E-state index < -0.39 is 6.09 Å². The van der Waals surface area contributed by atoms with Gasteiger partial charge in [0.2, 0.25) is 5.88 Å². The molecule has 1 N–H and O–H groups in total. The summed E-state index contributed by atoms with van der Waals surface area (Å²) in [4.78, 5) is 20.4. The lowest BCUT2D eigenvalue weighted by atomic mass is 9.90. The Bertz CT molecular complexity index is 602. The Morgan fingerprint density at radius 3 is 2.69 bits per heavy atom. The van der Waals surface area contributed by atoms with E-state index in [0.29, 0.717) is 24.4 Å². The first-order chi connectivity index (χ1) is 12.6. The zero-order chi connectivity index (χ0) is 18.5. The van der Waals surface area contributed by atoms with Crippen molar-refractivity contribution in [2.45, 2.75) is 63.5 Å². The third-order valence-electron chi connectivity index (χ3n) is 6.06. The molecule has 2 aliphatic heterocycles. The Morgan fingerprint density at radius 2 is 2.04 bits per heavy atom. The minimum absolute atomic E-state index is 0.151. The van der Waals surface area contributed by atoms with E-state index in [0.717, 1.165) is 57.3 Å². The van der Waals surface area contributed by atoms with E-state index in [1.165, 1.54) is 0 Å². The fourth-order valence-corrected chi connectivity index (χ4v) is 4.54. The van der Waals surface area contributed by atoms with Crippen LogP contribution in [0.5, 0.6) is 5.88 Å². The van der Waals surface area contributed by atoms with E-state index >= 15 is 0 Å². The van der Waals surface area contributed by atoms with Crippen molar-refractivity contribution in [3.8, 4) is 5.88 Å². The number of carbonyl (C=O) groups is 1. The third-order valence-corrected chi connectivity index (χ3v) is 6.06. The average Bonchev–Trinajstić information content (AvgIpc) is 2.91. The van der Waals surface area contributed by atoms with Crippen LogP contribution >= 0.6 is 0 Å². The Hall–Kier alpha value is -1.82. The van der Waals surface area contributed by atoms with E-state index in [9.17, 15) is 9.90 Å². The molecule has 3 heterocycles. The van der Waals surface area contributed by atoms with Gasteiger partial charge < -0.3 is 19.6 Å². The summed E-state index contributed by atoms with van der Waals surface area (Å²) in [6, 6.07) is 6.67. The normalized spacial score (nSPS) is 25.7. The van der Waals surface area contributed by atoms with Gasteiger partial charge in [-0.25, -0.2) is 9.78 Å². The van der Waals surface area contributed by atoms with Crippen LogP contribution in [0.3, 0.4) is 0 Å². The van der Waals surface area contributed by atoms with Crippen LogP contribution in [0.25, 0.3) is 0 Å². The van der Waals surface area contributed by atoms with Gasteiger partial charge in [0.25, 0.3) is 0 Å². The molecule has 0 aliphatic carbocycles. The number of pyridine rings is 1. The Kier molecular flexibility index (Phi) is 6.35. The largest absolute Gasteiger partial charge is 0.481 e. The molecule has 0 spiro atoms. The first-order valence-corrected chi connectivity index (χ1v) is 9.87. The summed E-state index contributed by atoms with van der Waals surface area (Å²) in [6.07, 6.45) is 5.37. The molecule has 1 aromatic rings. The number of hydrogen-bond acceptors (Lipinski definition) is 4. The van der Waals surface area contributed by atoms with E-state index in [2.05, 4.69) is 22.9 Å². The van der Waals surface area contributed by atoms with Crippen molar-refractivity contribution < 1.29 is 14.6 Å². The quantitative estimate of drug-likeness (QED) is 0.888. The molecule has 0 aromatic carbocycles. The predicted molar refractivity (Wildman–Crippen MR) is 101 cm³/mol. The van der Waals surface area contributed by atoms with Gasteiger partial charge in [-0.2, -0.15) is 0 Å². The number of hydrogen-bond donors (Lipinski definition) is 1. The molecule has 0 bridgehead atoms. The van der Waals surface area contributed by atoms with Crippen molar-refractivity contribution in [1.29, 1.82) is 0 Å². The molecular formula is C20H31N3O3. The summed E-state index contributed by atoms with van der Waals surface area (Å²) < 4.78 is 5.26. The summed E-state index contributed by atoms with van der Waals surface area (Å²) in [5, 5.41) is 9.46. The number of carboxylic acid groups (broad SMARTS) is 1. The lowest BCUT2D eigenvalue weighted by Crippen LogP contribution is -2.44. The van der Waals surface area contributed by atoms with Gasteiger partial charge in [-0.15, -0.1) is 0 Å². The zero-order valence-corrected chi connectivity index (χ0v) is 15.9. The third kappa shape index (κ3) is 4.29. The molecule has 6 nitrogen and oxygen atoms in total. The standard InChI is InChI=1S/C20H31N3O3/c1-3-16-14-17(6-5-11-23(16)20(24)25)22-12-9-15(10-13-22)18-7-4-8-19(21-18)26-2/h4,7-8,15-17H,3,5-6,9-14H2,1-2H3,(H,24,25). The minimum atomic E-state index is -0.764. The Balaban J connectivity index is 1.59. The molecule has 2 fully saturated rings. The smallest absolute Gasteiger partial charge is 0.407 e. The van der Waals surface area contributed by atoms with Gasteiger partial charge in [0.05, 0.1) is 7.11 Å². The molecule has 0 radical (unpaired) electrons. The van der Waals surface area contributed by atoms with Gasteiger partial charge >= 0.3 is 6.09 Å². The first kappa shape index (κ1) is 19.0. The van der Waals surface area contributed by atoms with E-state index in [-0.39, 0.29) is 6.04 Å². The first-order valence-electron chi connectivity index (χ1n) is 9.87. The maximum Gasteiger partial charge on any atom is 0.407 e. The molecule has 2 atom stereocenters. The van der Waals surface area contributed by atoms with Gasteiger partial charge in [-0.05, 0) is 57.7 Å². The number of nitrogens with zero attached hydrogens (tertiary/aromatic N) is 3. The van der Waals surface area contributed by atoms with Crippen LogP contribution in [0.4, 0.5) is 4.79 Å². The van der Waals surface area contributed by atoms with E-state index in [1.54, 1.807) is 12.0 Å². The second-order valence-corrected chi connectivity index (χ2v) is 7.48. The van der Waals surface area contributed by atoms with Gasteiger partial charge in [0.15, 0.2) is 0 Å². The maximum atomic E-state index is 11.5. The summed E-state index contributed by atoms with van der Waals surface area (Å²) in [7, 11) is 1.66. The highest BCUT2D eigenvalue weighted by molar-refractivity contribution is 5.65. The Labute approximate surface area is 156 Å². The van der Waals surface area contributed by atoms with E-state index in [4.69, 9.17) is 4.74 Å². The van der Waals surface area contributed by atoms with Gasteiger partial charge in [0.1, 0.15) is 0 Å². The second-order valence-electron chi connectivity index (χ2n) is 7.48. The van der Waals surface area contributed by atoms with Gasteiger partial charge in [-0.1, -0.05) is 13.0 Å². The topological polar surface area (TPSA) is 65.9 Å². The SMILES string of the molecule is CCC1CC(N2CCC(c3cccc(OC)n3)CC2)CCCN1C(=O)O. The molecule has 2 saturated heterocycles. The molecule has 1 amide bonds. The Morgan fingerprint density at radius 1 is 1.27 bits per heavy atom. The fourth-order valence-electron chi connectivity index (χ4n) is 4.54. The van der Waals surface area contributed by atoms with Gasteiger partial charge in [-0.3, -0.25) is 0 Å². The molecule has 2 aliphatic rings. The molecule has 1 aromatic heterocycles. The second kappa shape index (κ2) is 8.71. The number of ether oxygens (including phenoxy) is 1. The molecule has 2 unspecified atom stereocenters. The molecule has 144 valence electrons. The van der Waals surface area contributed by atoms with Crippen LogP contribution in [0.2, 0.25) is 0 Å². The number of rotatable bonds is 4. The molecule has 26 heavy (non-hydrogen) atoms. The number of amides is 1. The van der Waals surface area contributed by atoms with Crippen molar-refractivity contribution in [1.82, 2.24) is 14.8 Å². The summed E-state index contributed by atoms with van der Waals surface area (Å²) in [6.45, 7) is 4.91. The average molecular weight is 361 g/mol. The van der Waals surface area contributed by atoms with Crippen molar-refractivity contribution in [3.63, 3.8) is 0 Å². The highest BCUT2D eigenvalue weighted by Gasteiger charge is 2.33. The van der Waals surface area contributed by atoms with Crippen molar-refractivity contribution in [2.75, 3.05) is 26.7 Å². The molecule has 0 saturated carbocycles. The van der Waals surface area contributed by atoms with Crippen molar-refractivity contribution in [2.24, 2.45) is 0 Å². The number of methoxy groups -OCH3 is 1. The van der Waals surface area contributed by atoms with Crippen LogP contribution < -0.4 is 4.74 Å².